The van der Waals surface area contributed by atoms with Gasteiger partial charge in [-0.25, -0.2) is 14.8 Å². The Morgan fingerprint density at radius 2 is 1.78 bits per heavy atom. The molecule has 7 nitrogen and oxygen atoms in total. The fourth-order valence-electron chi connectivity index (χ4n) is 3.20. The summed E-state index contributed by atoms with van der Waals surface area (Å²) in [5.74, 6) is 0.808. The van der Waals surface area contributed by atoms with Crippen molar-refractivity contribution in [3.8, 4) is 0 Å². The molecule has 1 saturated heterocycles. The molecule has 0 aliphatic carbocycles. The van der Waals surface area contributed by atoms with E-state index in [9.17, 15) is 4.79 Å². The highest BCUT2D eigenvalue weighted by Gasteiger charge is 2.18. The van der Waals surface area contributed by atoms with Crippen LogP contribution in [-0.4, -0.2) is 60.2 Å². The molecule has 1 aliphatic heterocycles. The van der Waals surface area contributed by atoms with Gasteiger partial charge in [-0.05, 0) is 31.5 Å². The number of anilines is 1. The fourth-order valence-corrected chi connectivity index (χ4v) is 3.20. The number of carbonyl (C=O) groups excluding carboxylic acids is 1. The third-order valence-electron chi connectivity index (χ3n) is 4.79. The first kappa shape index (κ1) is 19.1. The first-order chi connectivity index (χ1) is 13.2. The molecule has 1 fully saturated rings. The second-order valence-electron chi connectivity index (χ2n) is 6.76. The second kappa shape index (κ2) is 9.87. The van der Waals surface area contributed by atoms with E-state index in [1.165, 1.54) is 0 Å². The number of piperazine rings is 1. The van der Waals surface area contributed by atoms with E-state index >= 15 is 0 Å². The van der Waals surface area contributed by atoms with Crippen molar-refractivity contribution < 1.29 is 4.79 Å². The molecule has 1 aromatic carbocycles. The van der Waals surface area contributed by atoms with E-state index in [0.29, 0.717) is 6.54 Å². The van der Waals surface area contributed by atoms with Gasteiger partial charge in [-0.3, -0.25) is 4.90 Å². The maximum Gasteiger partial charge on any atom is 0.315 e. The number of amides is 2. The molecule has 27 heavy (non-hydrogen) atoms. The van der Waals surface area contributed by atoms with Gasteiger partial charge in [0.15, 0.2) is 0 Å². The number of benzene rings is 1. The van der Waals surface area contributed by atoms with Crippen LogP contribution in [0.25, 0.3) is 0 Å². The highest BCUT2D eigenvalue weighted by atomic mass is 16.2. The zero-order valence-electron chi connectivity index (χ0n) is 15.8. The van der Waals surface area contributed by atoms with Gasteiger partial charge in [-0.1, -0.05) is 30.3 Å². The van der Waals surface area contributed by atoms with Gasteiger partial charge >= 0.3 is 6.03 Å². The minimum Gasteiger partial charge on any atom is -0.338 e. The van der Waals surface area contributed by atoms with Crippen LogP contribution in [0, 0.1) is 0 Å². The minimum absolute atomic E-state index is 0.000479. The lowest BCUT2D eigenvalue weighted by atomic mass is 10.1. The van der Waals surface area contributed by atoms with Crippen LogP contribution in [0.15, 0.2) is 48.8 Å². The molecule has 3 rings (SSSR count). The molecule has 0 spiro atoms. The zero-order valence-corrected chi connectivity index (χ0v) is 15.8. The first-order valence-electron chi connectivity index (χ1n) is 9.56. The van der Waals surface area contributed by atoms with Crippen molar-refractivity contribution in [2.24, 2.45) is 0 Å². The molecule has 0 bridgehead atoms. The Hall–Kier alpha value is -2.67. The van der Waals surface area contributed by atoms with Gasteiger partial charge in [0.05, 0.1) is 6.04 Å². The average Bonchev–Trinajstić information content (AvgIpc) is 2.73. The molecule has 144 valence electrons. The summed E-state index contributed by atoms with van der Waals surface area (Å²) in [5.41, 5.74) is 1.10. The standard InChI is InChI=1S/C20H28N6O/c1-17(18-7-3-2-4-8-18)24-20(27)23-11-6-12-25-13-15-26(16-14-25)19-21-9-5-10-22-19/h2-5,7-10,17H,6,11-16H2,1H3,(H2,23,24,27). The van der Waals surface area contributed by atoms with Crippen molar-refractivity contribution in [1.82, 2.24) is 25.5 Å². The Kier molecular flexibility index (Phi) is 6.98. The van der Waals surface area contributed by atoms with E-state index in [1.807, 2.05) is 43.3 Å². The van der Waals surface area contributed by atoms with Gasteiger partial charge < -0.3 is 15.5 Å². The van der Waals surface area contributed by atoms with Crippen LogP contribution in [-0.2, 0) is 0 Å². The third kappa shape index (κ3) is 5.92. The predicted octanol–water partition coefficient (Wildman–Crippen LogP) is 2.05. The number of nitrogens with zero attached hydrogens (tertiary/aromatic N) is 4. The van der Waals surface area contributed by atoms with E-state index in [2.05, 4.69) is 30.4 Å². The summed E-state index contributed by atoms with van der Waals surface area (Å²) in [4.78, 5) is 25.3. The highest BCUT2D eigenvalue weighted by Crippen LogP contribution is 2.11. The van der Waals surface area contributed by atoms with Crippen molar-refractivity contribution in [3.05, 3.63) is 54.4 Å². The van der Waals surface area contributed by atoms with Crippen molar-refractivity contribution in [2.45, 2.75) is 19.4 Å². The SMILES string of the molecule is CC(NC(=O)NCCCN1CCN(c2ncccn2)CC1)c1ccccc1. The lowest BCUT2D eigenvalue weighted by Crippen LogP contribution is -2.47. The van der Waals surface area contributed by atoms with Crippen LogP contribution in [0.1, 0.15) is 24.9 Å². The summed E-state index contributed by atoms with van der Waals surface area (Å²) in [6.45, 7) is 7.52. The van der Waals surface area contributed by atoms with E-state index < -0.39 is 0 Å². The van der Waals surface area contributed by atoms with Gasteiger partial charge in [-0.15, -0.1) is 0 Å². The topological polar surface area (TPSA) is 73.4 Å². The average molecular weight is 368 g/mol. The van der Waals surface area contributed by atoms with Crippen LogP contribution >= 0.6 is 0 Å². The number of carbonyl (C=O) groups is 1. The third-order valence-corrected chi connectivity index (χ3v) is 4.79. The minimum atomic E-state index is -0.114. The Labute approximate surface area is 160 Å². The number of hydrogen-bond donors (Lipinski definition) is 2. The Morgan fingerprint density at radius 3 is 2.48 bits per heavy atom. The molecular weight excluding hydrogens is 340 g/mol. The smallest absolute Gasteiger partial charge is 0.315 e. The van der Waals surface area contributed by atoms with E-state index in [-0.39, 0.29) is 12.1 Å². The van der Waals surface area contributed by atoms with Crippen LogP contribution < -0.4 is 15.5 Å². The van der Waals surface area contributed by atoms with E-state index in [1.54, 1.807) is 12.4 Å². The summed E-state index contributed by atoms with van der Waals surface area (Å²) in [7, 11) is 0. The molecule has 0 radical (unpaired) electrons. The molecule has 2 amide bonds. The van der Waals surface area contributed by atoms with Crippen LogP contribution in [0.5, 0.6) is 0 Å². The Morgan fingerprint density at radius 1 is 1.07 bits per heavy atom. The van der Waals surface area contributed by atoms with Crippen molar-refractivity contribution >= 4 is 12.0 Å². The van der Waals surface area contributed by atoms with Crippen LogP contribution in [0.2, 0.25) is 0 Å². The first-order valence-corrected chi connectivity index (χ1v) is 9.56. The van der Waals surface area contributed by atoms with Gasteiger partial charge in [0.25, 0.3) is 0 Å². The van der Waals surface area contributed by atoms with Gasteiger partial charge in [-0.2, -0.15) is 0 Å². The number of urea groups is 1. The molecular formula is C20H28N6O. The number of aromatic nitrogens is 2. The second-order valence-corrected chi connectivity index (χ2v) is 6.76. The largest absolute Gasteiger partial charge is 0.338 e. The Bertz CT molecular complexity index is 688. The molecule has 1 unspecified atom stereocenters. The van der Waals surface area contributed by atoms with E-state index in [4.69, 9.17) is 0 Å². The lowest BCUT2D eigenvalue weighted by Gasteiger charge is -2.34. The predicted molar refractivity (Wildman–Crippen MR) is 107 cm³/mol. The molecule has 2 heterocycles. The summed E-state index contributed by atoms with van der Waals surface area (Å²) in [6, 6.07) is 11.7. The van der Waals surface area contributed by atoms with Gasteiger partial charge in [0, 0.05) is 45.1 Å². The molecule has 2 aromatic rings. The van der Waals surface area contributed by atoms with Gasteiger partial charge in [0.1, 0.15) is 0 Å². The van der Waals surface area contributed by atoms with Crippen molar-refractivity contribution in [1.29, 1.82) is 0 Å². The summed E-state index contributed by atoms with van der Waals surface area (Å²) >= 11 is 0. The summed E-state index contributed by atoms with van der Waals surface area (Å²) in [6.07, 6.45) is 4.50. The normalized spacial score (nSPS) is 16.0. The number of hydrogen-bond acceptors (Lipinski definition) is 5. The molecule has 1 aromatic heterocycles. The van der Waals surface area contributed by atoms with Crippen molar-refractivity contribution in [3.63, 3.8) is 0 Å². The lowest BCUT2D eigenvalue weighted by molar-refractivity contribution is 0.233. The summed E-state index contributed by atoms with van der Waals surface area (Å²) < 4.78 is 0. The molecule has 1 atom stereocenters. The molecule has 1 aliphatic rings. The van der Waals surface area contributed by atoms with Gasteiger partial charge in [0.2, 0.25) is 5.95 Å². The molecule has 7 heteroatoms. The maximum atomic E-state index is 12.0. The number of nitrogens with one attached hydrogen (secondary N) is 2. The zero-order chi connectivity index (χ0) is 18.9. The maximum absolute atomic E-state index is 12.0. The molecule has 2 N–H and O–H groups in total. The van der Waals surface area contributed by atoms with Crippen LogP contribution in [0.3, 0.4) is 0 Å². The van der Waals surface area contributed by atoms with Crippen molar-refractivity contribution in [2.75, 3.05) is 44.2 Å². The molecule has 0 saturated carbocycles. The number of rotatable bonds is 7. The fraction of sp³-hybridized carbons (Fsp3) is 0.450. The van der Waals surface area contributed by atoms with E-state index in [0.717, 1.165) is 50.7 Å². The quantitative estimate of drug-likeness (QED) is 0.732. The highest BCUT2D eigenvalue weighted by molar-refractivity contribution is 5.74. The van der Waals surface area contributed by atoms with Crippen LogP contribution in [0.4, 0.5) is 10.7 Å². The Balaban J connectivity index is 1.29. The monoisotopic (exact) mass is 368 g/mol. The summed E-state index contributed by atoms with van der Waals surface area (Å²) in [5, 5.41) is 5.92.